The highest BCUT2D eigenvalue weighted by atomic mass is 16.1. The Morgan fingerprint density at radius 1 is 1.24 bits per heavy atom. The van der Waals surface area contributed by atoms with Crippen LogP contribution in [-0.2, 0) is 0 Å². The summed E-state index contributed by atoms with van der Waals surface area (Å²) in [4.78, 5) is 18.3. The third kappa shape index (κ3) is 1.66. The Balaban J connectivity index is 1.96. The third-order valence-corrected chi connectivity index (χ3v) is 3.17. The van der Waals surface area contributed by atoms with Gasteiger partial charge in [-0.05, 0) is 12.1 Å². The van der Waals surface area contributed by atoms with E-state index in [-0.39, 0.29) is 11.5 Å². The maximum Gasteiger partial charge on any atom is 0.180 e. The molecule has 4 rings (SSSR count). The van der Waals surface area contributed by atoms with Crippen molar-refractivity contribution in [2.45, 2.75) is 0 Å². The van der Waals surface area contributed by atoms with E-state index in [0.29, 0.717) is 23.5 Å². The number of anilines is 1. The average molecular weight is 279 g/mol. The molecule has 4 aromatic rings. The maximum atomic E-state index is 10.8. The predicted octanol–water partition coefficient (Wildman–Crippen LogP) is 1.06. The molecule has 102 valence electrons. The number of nitrogens with two attached hydrogens (primary N) is 1. The summed E-state index contributed by atoms with van der Waals surface area (Å²) in [5.41, 5.74) is 8.80. The number of aromatic amines is 1. The van der Waals surface area contributed by atoms with Crippen molar-refractivity contribution in [2.75, 3.05) is 5.73 Å². The number of hydrogen-bond donors (Lipinski definition) is 2. The van der Waals surface area contributed by atoms with Gasteiger partial charge in [0.05, 0.1) is 11.0 Å². The normalized spacial score (nSPS) is 11.2. The van der Waals surface area contributed by atoms with Crippen LogP contribution in [0.2, 0.25) is 0 Å². The Morgan fingerprint density at radius 2 is 2.10 bits per heavy atom. The van der Waals surface area contributed by atoms with Crippen molar-refractivity contribution >= 4 is 28.8 Å². The lowest BCUT2D eigenvalue weighted by molar-refractivity contribution is 0.111. The molecule has 0 saturated carbocycles. The summed E-state index contributed by atoms with van der Waals surface area (Å²) >= 11 is 0. The van der Waals surface area contributed by atoms with Gasteiger partial charge in [0, 0.05) is 6.07 Å². The first-order valence-corrected chi connectivity index (χ1v) is 6.18. The zero-order valence-electron chi connectivity index (χ0n) is 10.7. The molecule has 1 aromatic carbocycles. The molecule has 0 aliphatic heterocycles. The SMILES string of the molecule is Nc1c(-c2nc3ccccc3[nH]2)nnc2cc(C=O)nn12. The molecule has 3 aromatic heterocycles. The fraction of sp³-hybridized carbons (Fsp3) is 0. The molecule has 0 radical (unpaired) electrons. The highest BCUT2D eigenvalue weighted by Gasteiger charge is 2.15. The Kier molecular flexibility index (Phi) is 2.25. The van der Waals surface area contributed by atoms with Crippen LogP contribution in [-0.4, -0.2) is 36.1 Å². The minimum atomic E-state index is 0.248. The van der Waals surface area contributed by atoms with Gasteiger partial charge >= 0.3 is 0 Å². The van der Waals surface area contributed by atoms with E-state index in [1.165, 1.54) is 10.6 Å². The number of benzene rings is 1. The smallest absolute Gasteiger partial charge is 0.180 e. The van der Waals surface area contributed by atoms with E-state index in [1.807, 2.05) is 24.3 Å². The number of imidazole rings is 1. The van der Waals surface area contributed by atoms with Crippen molar-refractivity contribution in [2.24, 2.45) is 0 Å². The molecule has 0 bridgehead atoms. The summed E-state index contributed by atoms with van der Waals surface area (Å²) in [6.45, 7) is 0. The van der Waals surface area contributed by atoms with Crippen molar-refractivity contribution in [1.82, 2.24) is 29.8 Å². The van der Waals surface area contributed by atoms with Crippen LogP contribution < -0.4 is 5.73 Å². The van der Waals surface area contributed by atoms with E-state index < -0.39 is 0 Å². The summed E-state index contributed by atoms with van der Waals surface area (Å²) in [6.07, 6.45) is 0.634. The summed E-state index contributed by atoms with van der Waals surface area (Å²) < 4.78 is 1.37. The lowest BCUT2D eigenvalue weighted by Gasteiger charge is -2.02. The molecule has 0 amide bonds. The Bertz CT molecular complexity index is 952. The van der Waals surface area contributed by atoms with Gasteiger partial charge in [0.1, 0.15) is 5.69 Å². The van der Waals surface area contributed by atoms with Crippen LogP contribution >= 0.6 is 0 Å². The van der Waals surface area contributed by atoms with Crippen LogP contribution in [0.15, 0.2) is 30.3 Å². The number of carbonyl (C=O) groups excluding carboxylic acids is 1. The third-order valence-electron chi connectivity index (χ3n) is 3.17. The van der Waals surface area contributed by atoms with Gasteiger partial charge in [-0.1, -0.05) is 12.1 Å². The molecular weight excluding hydrogens is 270 g/mol. The largest absolute Gasteiger partial charge is 0.382 e. The van der Waals surface area contributed by atoms with Crippen LogP contribution in [0.25, 0.3) is 28.2 Å². The van der Waals surface area contributed by atoms with E-state index in [9.17, 15) is 4.79 Å². The lowest BCUT2D eigenvalue weighted by Crippen LogP contribution is -2.06. The van der Waals surface area contributed by atoms with Crippen LogP contribution in [0.5, 0.6) is 0 Å². The number of fused-ring (bicyclic) bond motifs is 2. The number of nitrogens with one attached hydrogen (secondary N) is 1. The maximum absolute atomic E-state index is 10.8. The Labute approximate surface area is 117 Å². The number of aldehydes is 1. The molecular formula is C13H9N7O. The standard InChI is InChI=1S/C13H9N7O/c14-12-11(13-15-8-3-1-2-4-9(8)16-13)18-17-10-5-7(6-21)19-20(10)12/h1-6H,14H2,(H,15,16). The average Bonchev–Trinajstić information content (AvgIpc) is 3.11. The van der Waals surface area contributed by atoms with E-state index in [0.717, 1.165) is 11.0 Å². The number of rotatable bonds is 2. The molecule has 0 fully saturated rings. The topological polar surface area (TPSA) is 115 Å². The van der Waals surface area contributed by atoms with Crippen molar-refractivity contribution < 1.29 is 4.79 Å². The Hall–Kier alpha value is -3.29. The number of nitrogen functional groups attached to an aromatic ring is 1. The van der Waals surface area contributed by atoms with Gasteiger partial charge in [-0.2, -0.15) is 9.61 Å². The monoisotopic (exact) mass is 279 g/mol. The first-order chi connectivity index (χ1) is 10.3. The molecule has 0 saturated heterocycles. The number of carbonyl (C=O) groups is 1. The molecule has 3 heterocycles. The molecule has 0 aliphatic carbocycles. The summed E-state index contributed by atoms with van der Waals surface area (Å²) in [5, 5.41) is 12.1. The summed E-state index contributed by atoms with van der Waals surface area (Å²) in [6, 6.07) is 9.11. The van der Waals surface area contributed by atoms with Crippen molar-refractivity contribution in [1.29, 1.82) is 0 Å². The summed E-state index contributed by atoms with van der Waals surface area (Å²) in [5.74, 6) is 0.776. The zero-order chi connectivity index (χ0) is 14.4. The zero-order valence-corrected chi connectivity index (χ0v) is 10.7. The molecule has 8 heteroatoms. The minimum absolute atomic E-state index is 0.248. The molecule has 8 nitrogen and oxygen atoms in total. The van der Waals surface area contributed by atoms with Crippen molar-refractivity contribution in [3.05, 3.63) is 36.0 Å². The van der Waals surface area contributed by atoms with E-state index >= 15 is 0 Å². The van der Waals surface area contributed by atoms with Gasteiger partial charge in [0.25, 0.3) is 0 Å². The number of para-hydroxylation sites is 2. The van der Waals surface area contributed by atoms with Gasteiger partial charge in [-0.25, -0.2) is 4.98 Å². The van der Waals surface area contributed by atoms with Gasteiger partial charge in [0.15, 0.2) is 29.3 Å². The first-order valence-electron chi connectivity index (χ1n) is 6.18. The molecule has 3 N–H and O–H groups in total. The van der Waals surface area contributed by atoms with Gasteiger partial charge < -0.3 is 10.7 Å². The number of nitrogens with zero attached hydrogens (tertiary/aromatic N) is 5. The molecule has 0 atom stereocenters. The van der Waals surface area contributed by atoms with Crippen LogP contribution in [0, 0.1) is 0 Å². The van der Waals surface area contributed by atoms with Crippen molar-refractivity contribution in [3.8, 4) is 11.5 Å². The molecule has 0 spiro atoms. The van der Waals surface area contributed by atoms with Crippen molar-refractivity contribution in [3.63, 3.8) is 0 Å². The lowest BCUT2D eigenvalue weighted by atomic mass is 10.3. The van der Waals surface area contributed by atoms with Gasteiger partial charge in [-0.15, -0.1) is 10.2 Å². The van der Waals surface area contributed by atoms with Crippen LogP contribution in [0.1, 0.15) is 10.5 Å². The Morgan fingerprint density at radius 3 is 2.90 bits per heavy atom. The predicted molar refractivity (Wildman–Crippen MR) is 75.7 cm³/mol. The number of aromatic nitrogens is 6. The van der Waals surface area contributed by atoms with Crippen LogP contribution in [0.3, 0.4) is 0 Å². The fourth-order valence-electron chi connectivity index (χ4n) is 2.18. The second-order valence-electron chi connectivity index (χ2n) is 4.49. The van der Waals surface area contributed by atoms with E-state index in [1.54, 1.807) is 0 Å². The fourth-order valence-corrected chi connectivity index (χ4v) is 2.18. The molecule has 0 aliphatic rings. The van der Waals surface area contributed by atoms with Gasteiger partial charge in [0.2, 0.25) is 0 Å². The second-order valence-corrected chi connectivity index (χ2v) is 4.49. The van der Waals surface area contributed by atoms with Crippen LogP contribution in [0.4, 0.5) is 5.82 Å². The first kappa shape index (κ1) is 11.5. The second kappa shape index (κ2) is 4.10. The minimum Gasteiger partial charge on any atom is -0.382 e. The quantitative estimate of drug-likeness (QED) is 0.530. The van der Waals surface area contributed by atoms with Gasteiger partial charge in [-0.3, -0.25) is 4.79 Å². The van der Waals surface area contributed by atoms with E-state index in [4.69, 9.17) is 5.73 Å². The highest BCUT2D eigenvalue weighted by Crippen LogP contribution is 2.23. The molecule has 0 unspecified atom stereocenters. The number of H-pyrrole nitrogens is 1. The molecule has 21 heavy (non-hydrogen) atoms. The summed E-state index contributed by atoms with van der Waals surface area (Å²) in [7, 11) is 0. The highest BCUT2D eigenvalue weighted by molar-refractivity contribution is 5.81. The van der Waals surface area contributed by atoms with E-state index in [2.05, 4.69) is 25.3 Å². The number of hydrogen-bond acceptors (Lipinski definition) is 6.